The molecule has 0 atom stereocenters. The molecule has 0 bridgehead atoms. The van der Waals surface area contributed by atoms with Crippen molar-refractivity contribution in [1.29, 1.82) is 0 Å². The molecular formula is C15H14N4O4. The fourth-order valence-electron chi connectivity index (χ4n) is 2.24. The largest absolute Gasteiger partial charge is 0.455 e. The first-order chi connectivity index (χ1) is 11.0. The Hall–Kier alpha value is -3.03. The first-order valence-electron chi connectivity index (χ1n) is 6.94. The maximum atomic E-state index is 12.0. The van der Waals surface area contributed by atoms with Gasteiger partial charge < -0.3 is 9.26 Å². The minimum Gasteiger partial charge on any atom is -0.455 e. The van der Waals surface area contributed by atoms with Crippen LogP contribution in [0.3, 0.4) is 0 Å². The van der Waals surface area contributed by atoms with E-state index in [0.717, 1.165) is 0 Å². The summed E-state index contributed by atoms with van der Waals surface area (Å²) in [5.41, 5.74) is 0.272. The van der Waals surface area contributed by atoms with Crippen LogP contribution in [0.2, 0.25) is 0 Å². The molecule has 0 aliphatic heterocycles. The molecule has 0 saturated heterocycles. The van der Waals surface area contributed by atoms with Gasteiger partial charge in [0.25, 0.3) is 11.4 Å². The molecule has 1 aromatic carbocycles. The highest BCUT2D eigenvalue weighted by atomic mass is 16.6. The van der Waals surface area contributed by atoms with E-state index in [-0.39, 0.29) is 24.5 Å². The van der Waals surface area contributed by atoms with Crippen LogP contribution in [0.1, 0.15) is 17.4 Å². The van der Waals surface area contributed by atoms with Gasteiger partial charge in [0.05, 0.1) is 17.5 Å². The molecule has 0 radical (unpaired) electrons. The normalized spacial score (nSPS) is 10.9. The molecule has 0 saturated carbocycles. The first-order valence-corrected chi connectivity index (χ1v) is 6.94. The minimum atomic E-state index is -0.489. The molecule has 8 heteroatoms. The van der Waals surface area contributed by atoms with E-state index in [0.29, 0.717) is 22.3 Å². The summed E-state index contributed by atoms with van der Waals surface area (Å²) in [7, 11) is 1.55. The number of esters is 1. The van der Waals surface area contributed by atoms with Crippen molar-refractivity contribution < 1.29 is 14.1 Å². The molecule has 0 amide bonds. The van der Waals surface area contributed by atoms with Crippen LogP contribution in [0.25, 0.3) is 10.8 Å². The summed E-state index contributed by atoms with van der Waals surface area (Å²) in [6, 6.07) is 7.02. The van der Waals surface area contributed by atoms with Gasteiger partial charge in [-0.05, 0) is 13.0 Å². The van der Waals surface area contributed by atoms with Crippen LogP contribution in [0, 0.1) is 6.92 Å². The predicted molar refractivity (Wildman–Crippen MR) is 79.5 cm³/mol. The quantitative estimate of drug-likeness (QED) is 0.660. The van der Waals surface area contributed by atoms with Crippen LogP contribution in [-0.4, -0.2) is 25.9 Å². The number of fused-ring (bicyclic) bond motifs is 1. The number of carbonyl (C=O) groups is 1. The molecule has 0 unspecified atom stereocenters. The molecular weight excluding hydrogens is 300 g/mol. The van der Waals surface area contributed by atoms with Crippen LogP contribution in [0.5, 0.6) is 0 Å². The number of nitrogens with zero attached hydrogens (tertiary/aromatic N) is 4. The Kier molecular flexibility index (Phi) is 3.88. The topological polar surface area (TPSA) is 100 Å². The Morgan fingerprint density at radius 3 is 2.74 bits per heavy atom. The first kappa shape index (κ1) is 14.9. The Balaban J connectivity index is 1.79. The SMILES string of the molecule is Cc1noc(COC(=O)Cc2nn(C)c(=O)c3ccccc23)n1. The Morgan fingerprint density at radius 2 is 2.04 bits per heavy atom. The van der Waals surface area contributed by atoms with Crippen molar-refractivity contribution in [2.24, 2.45) is 7.05 Å². The van der Waals surface area contributed by atoms with E-state index < -0.39 is 5.97 Å². The van der Waals surface area contributed by atoms with Crippen LogP contribution in [-0.2, 0) is 29.6 Å². The van der Waals surface area contributed by atoms with Gasteiger partial charge in [0, 0.05) is 12.4 Å². The van der Waals surface area contributed by atoms with Gasteiger partial charge in [0.2, 0.25) is 0 Å². The van der Waals surface area contributed by atoms with E-state index in [4.69, 9.17) is 9.26 Å². The Labute approximate surface area is 130 Å². The fourth-order valence-corrected chi connectivity index (χ4v) is 2.24. The highest BCUT2D eigenvalue weighted by molar-refractivity contribution is 5.86. The predicted octanol–water partition coefficient (Wildman–Crippen LogP) is 0.911. The second kappa shape index (κ2) is 5.99. The van der Waals surface area contributed by atoms with Crippen molar-refractivity contribution >= 4 is 16.7 Å². The molecule has 23 heavy (non-hydrogen) atoms. The third kappa shape index (κ3) is 3.10. The minimum absolute atomic E-state index is 0.0538. The number of aryl methyl sites for hydroxylation is 2. The van der Waals surface area contributed by atoms with Gasteiger partial charge in [0.15, 0.2) is 12.4 Å². The highest BCUT2D eigenvalue weighted by Crippen LogP contribution is 2.14. The van der Waals surface area contributed by atoms with Crippen LogP contribution in [0.15, 0.2) is 33.6 Å². The van der Waals surface area contributed by atoms with Crippen LogP contribution < -0.4 is 5.56 Å². The smallest absolute Gasteiger partial charge is 0.312 e. The van der Waals surface area contributed by atoms with Crippen LogP contribution in [0.4, 0.5) is 0 Å². The standard InChI is InChI=1S/C15H14N4O4/c1-9-16-13(23-18-9)8-22-14(20)7-12-10-5-3-4-6-11(10)15(21)19(2)17-12/h3-6H,7-8H2,1-2H3. The molecule has 2 heterocycles. The van der Waals surface area contributed by atoms with Gasteiger partial charge in [-0.3, -0.25) is 9.59 Å². The zero-order valence-electron chi connectivity index (χ0n) is 12.6. The van der Waals surface area contributed by atoms with Crippen molar-refractivity contribution in [3.8, 4) is 0 Å². The van der Waals surface area contributed by atoms with Gasteiger partial charge in [0.1, 0.15) is 0 Å². The van der Waals surface area contributed by atoms with Crippen LogP contribution >= 0.6 is 0 Å². The van der Waals surface area contributed by atoms with E-state index in [1.807, 2.05) is 0 Å². The zero-order valence-corrected chi connectivity index (χ0v) is 12.6. The average molecular weight is 314 g/mol. The number of carbonyl (C=O) groups excluding carboxylic acids is 1. The summed E-state index contributed by atoms with van der Waals surface area (Å²) in [6.07, 6.45) is -0.0538. The lowest BCUT2D eigenvalue weighted by molar-refractivity contribution is -0.144. The second-order valence-corrected chi connectivity index (χ2v) is 4.99. The number of rotatable bonds is 4. The monoisotopic (exact) mass is 314 g/mol. The van der Waals surface area contributed by atoms with Crippen molar-refractivity contribution in [3.05, 3.63) is 52.0 Å². The third-order valence-corrected chi connectivity index (χ3v) is 3.27. The number of hydrogen-bond donors (Lipinski definition) is 0. The molecule has 3 rings (SSSR count). The summed E-state index contributed by atoms with van der Waals surface area (Å²) in [4.78, 5) is 28.0. The molecule has 0 aliphatic rings. The Morgan fingerprint density at radius 1 is 1.30 bits per heavy atom. The van der Waals surface area contributed by atoms with E-state index in [9.17, 15) is 9.59 Å². The highest BCUT2D eigenvalue weighted by Gasteiger charge is 2.14. The van der Waals surface area contributed by atoms with E-state index >= 15 is 0 Å². The Bertz CT molecular complexity index is 929. The van der Waals surface area contributed by atoms with Gasteiger partial charge >= 0.3 is 5.97 Å². The van der Waals surface area contributed by atoms with Gasteiger partial charge in [-0.15, -0.1) is 0 Å². The van der Waals surface area contributed by atoms with Crippen molar-refractivity contribution in [2.45, 2.75) is 20.0 Å². The van der Waals surface area contributed by atoms with E-state index in [2.05, 4.69) is 15.2 Å². The van der Waals surface area contributed by atoms with Gasteiger partial charge in [-0.2, -0.15) is 10.1 Å². The van der Waals surface area contributed by atoms with Crippen molar-refractivity contribution in [2.75, 3.05) is 0 Å². The molecule has 8 nitrogen and oxygen atoms in total. The van der Waals surface area contributed by atoms with Gasteiger partial charge in [-0.25, -0.2) is 4.68 Å². The molecule has 0 spiro atoms. The number of aromatic nitrogens is 4. The molecule has 3 aromatic rings. The van der Waals surface area contributed by atoms with Gasteiger partial charge in [-0.1, -0.05) is 23.4 Å². The number of ether oxygens (including phenoxy) is 1. The van der Waals surface area contributed by atoms with E-state index in [1.54, 1.807) is 38.2 Å². The molecule has 118 valence electrons. The molecule has 0 N–H and O–H groups in total. The summed E-state index contributed by atoms with van der Waals surface area (Å²) >= 11 is 0. The summed E-state index contributed by atoms with van der Waals surface area (Å²) in [6.45, 7) is 1.58. The molecule has 0 aliphatic carbocycles. The fraction of sp³-hybridized carbons (Fsp3) is 0.267. The van der Waals surface area contributed by atoms with Crippen molar-refractivity contribution in [3.63, 3.8) is 0 Å². The zero-order chi connectivity index (χ0) is 16.4. The second-order valence-electron chi connectivity index (χ2n) is 4.99. The summed E-state index contributed by atoms with van der Waals surface area (Å²) in [5, 5.41) is 8.92. The summed E-state index contributed by atoms with van der Waals surface area (Å²) < 4.78 is 11.2. The number of benzene rings is 1. The number of hydrogen-bond acceptors (Lipinski definition) is 7. The molecule has 2 aromatic heterocycles. The maximum absolute atomic E-state index is 12.0. The lowest BCUT2D eigenvalue weighted by Gasteiger charge is -2.07. The summed E-state index contributed by atoms with van der Waals surface area (Å²) in [5.74, 6) is 0.216. The van der Waals surface area contributed by atoms with Crippen molar-refractivity contribution in [1.82, 2.24) is 19.9 Å². The molecule has 0 fully saturated rings. The maximum Gasteiger partial charge on any atom is 0.312 e. The average Bonchev–Trinajstić information content (AvgIpc) is 2.96. The van der Waals surface area contributed by atoms with E-state index in [1.165, 1.54) is 4.68 Å². The lowest BCUT2D eigenvalue weighted by Crippen LogP contribution is -2.22. The third-order valence-electron chi connectivity index (χ3n) is 3.27. The lowest BCUT2D eigenvalue weighted by atomic mass is 10.1.